The fraction of sp³-hybridized carbons (Fsp3) is 0.400. The van der Waals surface area contributed by atoms with Gasteiger partial charge in [-0.2, -0.15) is 0 Å². The van der Waals surface area contributed by atoms with Crippen LogP contribution >= 0.6 is 15.9 Å². The van der Waals surface area contributed by atoms with E-state index >= 15 is 0 Å². The molecule has 1 N–H and O–H groups in total. The van der Waals surface area contributed by atoms with Gasteiger partial charge in [0, 0.05) is 13.0 Å². The van der Waals surface area contributed by atoms with Crippen molar-refractivity contribution in [3.8, 4) is 0 Å². The van der Waals surface area contributed by atoms with Crippen molar-refractivity contribution in [3.05, 3.63) is 10.6 Å². The molecule has 3 nitrogen and oxygen atoms in total. The van der Waals surface area contributed by atoms with Gasteiger partial charge in [-0.1, -0.05) is 0 Å². The number of halogens is 1. The molecule has 0 aliphatic carbocycles. The normalized spacial score (nSPS) is 34.1. The Labute approximate surface area is 60.4 Å². The maximum atomic E-state index is 10.4. The van der Waals surface area contributed by atoms with Crippen molar-refractivity contribution in [1.82, 2.24) is 0 Å². The third kappa shape index (κ3) is 1.14. The highest BCUT2D eigenvalue weighted by atomic mass is 79.9. The molecule has 50 valence electrons. The number of esters is 1. The summed E-state index contributed by atoms with van der Waals surface area (Å²) in [7, 11) is 0. The second-order valence-electron chi connectivity index (χ2n) is 1.90. The van der Waals surface area contributed by atoms with Gasteiger partial charge in [-0.25, -0.2) is 4.79 Å². The number of rotatable bonds is 0. The lowest BCUT2D eigenvalue weighted by Crippen LogP contribution is -2.24. The SMILES string of the molecule is CC1(O)OC(=O)C=C1Br. The molecule has 0 saturated carbocycles. The van der Waals surface area contributed by atoms with Crippen LogP contribution in [0.3, 0.4) is 0 Å². The first kappa shape index (κ1) is 6.77. The number of ether oxygens (including phenoxy) is 1. The van der Waals surface area contributed by atoms with Crippen LogP contribution in [0.1, 0.15) is 6.92 Å². The quantitative estimate of drug-likeness (QED) is 0.570. The van der Waals surface area contributed by atoms with E-state index < -0.39 is 11.8 Å². The number of aliphatic hydroxyl groups is 1. The van der Waals surface area contributed by atoms with Crippen LogP contribution in [-0.2, 0) is 9.53 Å². The zero-order chi connectivity index (χ0) is 7.07. The maximum Gasteiger partial charge on any atom is 0.334 e. The predicted octanol–water partition coefficient (Wildman–Crippen LogP) is 0.530. The molecular weight excluding hydrogens is 188 g/mol. The summed E-state index contributed by atoms with van der Waals surface area (Å²) in [5.74, 6) is -1.97. The molecule has 0 aromatic rings. The van der Waals surface area contributed by atoms with Crippen molar-refractivity contribution in [3.63, 3.8) is 0 Å². The van der Waals surface area contributed by atoms with Crippen LogP contribution in [0.4, 0.5) is 0 Å². The first-order chi connectivity index (χ1) is 4.02. The summed E-state index contributed by atoms with van der Waals surface area (Å²) in [6.45, 7) is 1.39. The molecule has 1 aliphatic rings. The Morgan fingerprint density at radius 2 is 2.44 bits per heavy atom. The summed E-state index contributed by atoms with van der Waals surface area (Å²) in [4.78, 5) is 10.4. The molecule has 1 atom stereocenters. The first-order valence-electron chi connectivity index (χ1n) is 2.35. The second kappa shape index (κ2) is 1.82. The van der Waals surface area contributed by atoms with Crippen LogP contribution in [0.25, 0.3) is 0 Å². The zero-order valence-electron chi connectivity index (χ0n) is 4.72. The van der Waals surface area contributed by atoms with Gasteiger partial charge in [-0.05, 0) is 15.9 Å². The van der Waals surface area contributed by atoms with Crippen LogP contribution < -0.4 is 0 Å². The fourth-order valence-corrected chi connectivity index (χ4v) is 0.779. The van der Waals surface area contributed by atoms with Gasteiger partial charge < -0.3 is 9.84 Å². The van der Waals surface area contributed by atoms with Gasteiger partial charge in [0.15, 0.2) is 0 Å². The summed E-state index contributed by atoms with van der Waals surface area (Å²) < 4.78 is 4.80. The Morgan fingerprint density at radius 3 is 2.56 bits per heavy atom. The third-order valence-corrected chi connectivity index (χ3v) is 1.95. The lowest BCUT2D eigenvalue weighted by Gasteiger charge is -2.14. The summed E-state index contributed by atoms with van der Waals surface area (Å²) >= 11 is 2.97. The molecule has 1 aliphatic heterocycles. The van der Waals surface area contributed by atoms with E-state index in [9.17, 15) is 4.79 Å². The Morgan fingerprint density at radius 1 is 1.89 bits per heavy atom. The minimum atomic E-state index is -1.45. The predicted molar refractivity (Wildman–Crippen MR) is 33.7 cm³/mol. The average Bonchev–Trinajstić information content (AvgIpc) is 1.79. The van der Waals surface area contributed by atoms with Crippen LogP contribution in [0.5, 0.6) is 0 Å². The molecule has 1 unspecified atom stereocenters. The summed E-state index contributed by atoms with van der Waals surface area (Å²) in [6.07, 6.45) is 1.19. The van der Waals surface area contributed by atoms with Crippen LogP contribution in [0, 0.1) is 0 Å². The van der Waals surface area contributed by atoms with Crippen molar-refractivity contribution < 1.29 is 14.6 Å². The minimum Gasteiger partial charge on any atom is -0.425 e. The molecule has 0 aromatic heterocycles. The van der Waals surface area contributed by atoms with Gasteiger partial charge in [-0.3, -0.25) is 0 Å². The lowest BCUT2D eigenvalue weighted by molar-refractivity contribution is -0.172. The largest absolute Gasteiger partial charge is 0.425 e. The molecule has 4 heteroatoms. The molecule has 0 radical (unpaired) electrons. The third-order valence-electron chi connectivity index (χ3n) is 0.987. The highest BCUT2D eigenvalue weighted by Gasteiger charge is 2.34. The minimum absolute atomic E-state index is 0.361. The molecule has 0 aromatic carbocycles. The summed E-state index contributed by atoms with van der Waals surface area (Å²) in [5.41, 5.74) is 0. The van der Waals surface area contributed by atoms with E-state index in [2.05, 4.69) is 20.7 Å². The van der Waals surface area contributed by atoms with E-state index in [0.717, 1.165) is 0 Å². The van der Waals surface area contributed by atoms with E-state index in [-0.39, 0.29) is 0 Å². The van der Waals surface area contributed by atoms with E-state index in [1.807, 2.05) is 0 Å². The molecule has 0 amide bonds. The fourth-order valence-electron chi connectivity index (χ4n) is 0.511. The lowest BCUT2D eigenvalue weighted by atomic mass is 10.3. The van der Waals surface area contributed by atoms with Crippen molar-refractivity contribution >= 4 is 21.9 Å². The molecule has 9 heavy (non-hydrogen) atoms. The Hall–Kier alpha value is -0.350. The average molecular weight is 193 g/mol. The summed E-state index contributed by atoms with van der Waals surface area (Å²) in [6, 6.07) is 0. The number of hydrogen-bond acceptors (Lipinski definition) is 3. The smallest absolute Gasteiger partial charge is 0.334 e. The standard InChI is InChI=1S/C5H5BrO3/c1-5(8)3(6)2-4(7)9-5/h2,8H,1H3. The van der Waals surface area contributed by atoms with Gasteiger partial charge >= 0.3 is 5.97 Å². The molecule has 1 rings (SSSR count). The van der Waals surface area contributed by atoms with Gasteiger partial charge in [-0.15, -0.1) is 0 Å². The molecule has 0 saturated heterocycles. The maximum absolute atomic E-state index is 10.4. The highest BCUT2D eigenvalue weighted by molar-refractivity contribution is 9.11. The van der Waals surface area contributed by atoms with Crippen molar-refractivity contribution in [1.29, 1.82) is 0 Å². The molecule has 0 spiro atoms. The molecule has 0 fully saturated rings. The van der Waals surface area contributed by atoms with Crippen LogP contribution in [0.2, 0.25) is 0 Å². The molecule has 1 heterocycles. The Bertz CT molecular complexity index is 183. The van der Waals surface area contributed by atoms with Gasteiger partial charge in [0.05, 0.1) is 4.48 Å². The number of carbonyl (C=O) groups excluding carboxylic acids is 1. The zero-order valence-corrected chi connectivity index (χ0v) is 6.31. The van der Waals surface area contributed by atoms with E-state index in [4.69, 9.17) is 5.11 Å². The Balaban J connectivity index is 2.89. The van der Waals surface area contributed by atoms with E-state index in [1.165, 1.54) is 13.0 Å². The first-order valence-corrected chi connectivity index (χ1v) is 3.15. The van der Waals surface area contributed by atoms with Crippen molar-refractivity contribution in [2.24, 2.45) is 0 Å². The van der Waals surface area contributed by atoms with E-state index in [1.54, 1.807) is 0 Å². The van der Waals surface area contributed by atoms with Crippen molar-refractivity contribution in [2.75, 3.05) is 0 Å². The van der Waals surface area contributed by atoms with Crippen LogP contribution in [0.15, 0.2) is 10.6 Å². The molecule has 0 bridgehead atoms. The summed E-state index contributed by atoms with van der Waals surface area (Å²) in [5, 5.41) is 9.08. The Kier molecular flexibility index (Phi) is 1.36. The molecular formula is C5H5BrO3. The number of hydrogen-bond donors (Lipinski definition) is 1. The number of cyclic esters (lactones) is 1. The highest BCUT2D eigenvalue weighted by Crippen LogP contribution is 2.28. The van der Waals surface area contributed by atoms with E-state index in [0.29, 0.717) is 4.48 Å². The monoisotopic (exact) mass is 192 g/mol. The topological polar surface area (TPSA) is 46.5 Å². The van der Waals surface area contributed by atoms with Crippen LogP contribution in [-0.4, -0.2) is 16.9 Å². The van der Waals surface area contributed by atoms with Crippen molar-refractivity contribution in [2.45, 2.75) is 12.7 Å². The van der Waals surface area contributed by atoms with Gasteiger partial charge in [0.1, 0.15) is 0 Å². The van der Waals surface area contributed by atoms with Gasteiger partial charge in [0.2, 0.25) is 5.79 Å². The second-order valence-corrected chi connectivity index (χ2v) is 2.75. The number of carbonyl (C=O) groups is 1. The van der Waals surface area contributed by atoms with Gasteiger partial charge in [0.25, 0.3) is 0 Å².